The second-order valence-corrected chi connectivity index (χ2v) is 9.81. The molecule has 9 nitrogen and oxygen atoms in total. The topological polar surface area (TPSA) is 133 Å². The summed E-state index contributed by atoms with van der Waals surface area (Å²) in [5.41, 5.74) is -0.643. The van der Waals surface area contributed by atoms with Gasteiger partial charge >= 0.3 is 5.97 Å². The number of halogens is 2. The maximum absolute atomic E-state index is 14.4. The van der Waals surface area contributed by atoms with Crippen LogP contribution < -0.4 is 5.32 Å². The van der Waals surface area contributed by atoms with Crippen molar-refractivity contribution in [3.05, 3.63) is 40.4 Å². The average molecular weight is 470 g/mol. The van der Waals surface area contributed by atoms with E-state index in [0.29, 0.717) is 0 Å². The normalized spacial score (nSPS) is 24.0. The van der Waals surface area contributed by atoms with Gasteiger partial charge in [0.2, 0.25) is 5.91 Å². The number of aliphatic carboxylic acids is 1. The molecular weight excluding hydrogens is 453 g/mol. The number of aliphatic hydroxyl groups is 1. The number of amides is 2. The fraction of sp³-hybridized carbons (Fsp3) is 0.368. The maximum atomic E-state index is 14.4. The molecule has 12 heteroatoms. The van der Waals surface area contributed by atoms with Crippen LogP contribution in [0.4, 0.5) is 4.39 Å². The standard InChI is InChI=1S/C19H17ClFN3O6S/c1-19(2)14(18(28)29)24-16(27)13(17(24)31-19)22-15(26)11-9(6-25)30-23-12(11)10-7(20)4-3-5-8(10)21/h3-5,13-14,17,25H,6H2,1-2H3,(H,22,26)(H,28,29)/t13-,14-,17-/m1/s1. The molecule has 0 saturated carbocycles. The Morgan fingerprint density at radius 3 is 2.74 bits per heavy atom. The molecule has 0 spiro atoms. The predicted molar refractivity (Wildman–Crippen MR) is 108 cm³/mol. The molecule has 1 aromatic heterocycles. The molecular formula is C19H17ClFN3O6S. The van der Waals surface area contributed by atoms with Gasteiger partial charge in [0.25, 0.3) is 5.91 Å². The van der Waals surface area contributed by atoms with Crippen molar-refractivity contribution in [2.75, 3.05) is 0 Å². The highest BCUT2D eigenvalue weighted by molar-refractivity contribution is 8.01. The van der Waals surface area contributed by atoms with Crippen molar-refractivity contribution >= 4 is 41.1 Å². The third kappa shape index (κ3) is 3.27. The largest absolute Gasteiger partial charge is 0.480 e. The van der Waals surface area contributed by atoms with Crippen LogP contribution >= 0.6 is 23.4 Å². The minimum Gasteiger partial charge on any atom is -0.480 e. The Morgan fingerprint density at radius 1 is 1.42 bits per heavy atom. The van der Waals surface area contributed by atoms with Crippen molar-refractivity contribution < 1.29 is 33.5 Å². The maximum Gasteiger partial charge on any atom is 0.327 e. The van der Waals surface area contributed by atoms with E-state index in [-0.39, 0.29) is 27.6 Å². The Morgan fingerprint density at radius 2 is 2.13 bits per heavy atom. The monoisotopic (exact) mass is 469 g/mol. The van der Waals surface area contributed by atoms with Gasteiger partial charge in [0, 0.05) is 4.75 Å². The molecule has 1 aromatic carbocycles. The minimum absolute atomic E-state index is 0.0184. The Balaban J connectivity index is 1.65. The number of carbonyl (C=O) groups is 3. The highest BCUT2D eigenvalue weighted by Gasteiger charge is 2.64. The first-order valence-corrected chi connectivity index (χ1v) is 10.4. The fourth-order valence-corrected chi connectivity index (χ4v) is 5.80. The number of aromatic nitrogens is 1. The number of nitrogens with one attached hydrogen (secondary N) is 1. The first-order chi connectivity index (χ1) is 14.6. The number of hydrogen-bond donors (Lipinski definition) is 3. The number of nitrogens with zero attached hydrogens (tertiary/aromatic N) is 2. The van der Waals surface area contributed by atoms with Gasteiger partial charge in [-0.15, -0.1) is 11.8 Å². The summed E-state index contributed by atoms with van der Waals surface area (Å²) in [6, 6.07) is 1.90. The molecule has 0 unspecified atom stereocenters. The summed E-state index contributed by atoms with van der Waals surface area (Å²) < 4.78 is 18.6. The van der Waals surface area contributed by atoms with Gasteiger partial charge in [-0.05, 0) is 26.0 Å². The van der Waals surface area contributed by atoms with Crippen molar-refractivity contribution in [3.63, 3.8) is 0 Å². The molecule has 164 valence electrons. The molecule has 3 atom stereocenters. The van der Waals surface area contributed by atoms with Crippen molar-refractivity contribution in [3.8, 4) is 11.3 Å². The minimum atomic E-state index is -1.13. The van der Waals surface area contributed by atoms with Gasteiger partial charge < -0.3 is 25.0 Å². The van der Waals surface area contributed by atoms with Gasteiger partial charge in [0.05, 0.1) is 10.6 Å². The number of aliphatic hydroxyl groups excluding tert-OH is 1. The van der Waals surface area contributed by atoms with Gasteiger partial charge in [0.15, 0.2) is 5.76 Å². The van der Waals surface area contributed by atoms with E-state index >= 15 is 0 Å². The van der Waals surface area contributed by atoms with Crippen LogP contribution in [0.15, 0.2) is 22.7 Å². The molecule has 0 radical (unpaired) electrons. The van der Waals surface area contributed by atoms with Gasteiger partial charge in [-0.2, -0.15) is 0 Å². The zero-order chi connectivity index (χ0) is 22.7. The van der Waals surface area contributed by atoms with Crippen molar-refractivity contribution in [2.24, 2.45) is 0 Å². The molecule has 0 aliphatic carbocycles. The highest BCUT2D eigenvalue weighted by atomic mass is 35.5. The van der Waals surface area contributed by atoms with Gasteiger partial charge in [-0.3, -0.25) is 9.59 Å². The van der Waals surface area contributed by atoms with E-state index in [1.54, 1.807) is 13.8 Å². The number of fused-ring (bicyclic) bond motifs is 1. The molecule has 2 saturated heterocycles. The fourth-order valence-electron chi connectivity index (χ4n) is 3.92. The number of carboxylic acid groups (broad SMARTS) is 1. The van der Waals surface area contributed by atoms with Crippen LogP contribution in [0.2, 0.25) is 5.02 Å². The Labute approximate surface area is 184 Å². The number of thioether (sulfide) groups is 1. The summed E-state index contributed by atoms with van der Waals surface area (Å²) in [7, 11) is 0. The first kappa shape index (κ1) is 21.6. The number of hydrogen-bond acceptors (Lipinski definition) is 7. The van der Waals surface area contributed by atoms with E-state index < -0.39 is 52.4 Å². The van der Waals surface area contributed by atoms with Crippen molar-refractivity contribution in [1.29, 1.82) is 0 Å². The zero-order valence-electron chi connectivity index (χ0n) is 16.3. The van der Waals surface area contributed by atoms with Gasteiger partial charge in [0.1, 0.15) is 41.1 Å². The van der Waals surface area contributed by atoms with Crippen LogP contribution in [0.25, 0.3) is 11.3 Å². The molecule has 4 rings (SSSR count). The summed E-state index contributed by atoms with van der Waals surface area (Å²) in [4.78, 5) is 38.5. The van der Waals surface area contributed by atoms with Gasteiger partial charge in [-0.1, -0.05) is 22.8 Å². The molecule has 2 aliphatic rings. The average Bonchev–Trinajstić information content (AvgIpc) is 3.22. The lowest BCUT2D eigenvalue weighted by Gasteiger charge is -2.43. The summed E-state index contributed by atoms with van der Waals surface area (Å²) in [5.74, 6) is -3.47. The molecule has 2 fully saturated rings. The van der Waals surface area contributed by atoms with Crippen LogP contribution in [0.5, 0.6) is 0 Å². The third-order valence-electron chi connectivity index (χ3n) is 5.29. The first-order valence-electron chi connectivity index (χ1n) is 9.16. The summed E-state index contributed by atoms with van der Waals surface area (Å²) in [5, 5.41) is 24.7. The summed E-state index contributed by atoms with van der Waals surface area (Å²) in [6.07, 6.45) is 0. The lowest BCUT2D eigenvalue weighted by Crippen LogP contribution is -2.70. The molecule has 3 N–H and O–H groups in total. The van der Waals surface area contributed by atoms with E-state index in [1.807, 2.05) is 0 Å². The molecule has 0 bridgehead atoms. The second kappa shape index (κ2) is 7.50. The van der Waals surface area contributed by atoms with E-state index in [4.69, 9.17) is 16.1 Å². The number of carbonyl (C=O) groups excluding carboxylic acids is 2. The molecule has 31 heavy (non-hydrogen) atoms. The van der Waals surface area contributed by atoms with Crippen molar-refractivity contribution in [2.45, 2.75) is 42.7 Å². The number of carboxylic acids is 1. The van der Waals surface area contributed by atoms with Crippen LogP contribution in [-0.2, 0) is 16.2 Å². The third-order valence-corrected chi connectivity index (χ3v) is 7.18. The quantitative estimate of drug-likeness (QED) is 0.565. The summed E-state index contributed by atoms with van der Waals surface area (Å²) in [6.45, 7) is 2.73. The smallest absolute Gasteiger partial charge is 0.327 e. The van der Waals surface area contributed by atoms with E-state index in [9.17, 15) is 29.0 Å². The number of benzene rings is 1. The SMILES string of the molecule is CC1(C)S[C@@H]2[C@H](NC(=O)c3c(-c4c(F)cccc4Cl)noc3CO)C(=O)N2[C@@H]1C(=O)O. The van der Waals surface area contributed by atoms with Gasteiger partial charge in [-0.25, -0.2) is 9.18 Å². The van der Waals surface area contributed by atoms with Crippen LogP contribution in [0, 0.1) is 5.82 Å². The molecule has 3 heterocycles. The Bertz CT molecular complexity index is 1090. The summed E-state index contributed by atoms with van der Waals surface area (Å²) >= 11 is 7.34. The predicted octanol–water partition coefficient (Wildman–Crippen LogP) is 1.87. The zero-order valence-corrected chi connectivity index (χ0v) is 17.8. The second-order valence-electron chi connectivity index (χ2n) is 7.63. The number of rotatable bonds is 5. The van der Waals surface area contributed by atoms with Crippen LogP contribution in [-0.4, -0.2) is 60.3 Å². The van der Waals surface area contributed by atoms with Crippen LogP contribution in [0.1, 0.15) is 30.0 Å². The van der Waals surface area contributed by atoms with Crippen molar-refractivity contribution in [1.82, 2.24) is 15.4 Å². The molecule has 2 amide bonds. The van der Waals surface area contributed by atoms with E-state index in [0.717, 1.165) is 6.07 Å². The molecule has 2 aliphatic heterocycles. The highest BCUT2D eigenvalue weighted by Crippen LogP contribution is 2.50. The number of β-lactam (4-membered cyclic amide) rings is 1. The molecule has 2 aromatic rings. The van der Waals surface area contributed by atoms with E-state index in [1.165, 1.54) is 28.8 Å². The lowest BCUT2D eigenvalue weighted by molar-refractivity contribution is -0.159. The van der Waals surface area contributed by atoms with Crippen LogP contribution in [0.3, 0.4) is 0 Å². The Hall–Kier alpha value is -2.63. The lowest BCUT2D eigenvalue weighted by atomic mass is 9.95. The Kier molecular flexibility index (Phi) is 5.23. The van der Waals surface area contributed by atoms with E-state index in [2.05, 4.69) is 10.5 Å².